The van der Waals surface area contributed by atoms with Crippen molar-refractivity contribution in [1.82, 2.24) is 0 Å². The Hall–Kier alpha value is -1.60. The van der Waals surface area contributed by atoms with Crippen LogP contribution in [0.3, 0.4) is 0 Å². The Bertz CT molecular complexity index is 472. The summed E-state index contributed by atoms with van der Waals surface area (Å²) >= 11 is 0. The second-order valence-electron chi connectivity index (χ2n) is 3.22. The van der Waals surface area contributed by atoms with Crippen LogP contribution in [0, 0.1) is 0 Å². The third kappa shape index (κ3) is 1.32. The van der Waals surface area contributed by atoms with Crippen molar-refractivity contribution >= 4 is 16.8 Å². The molecule has 1 N–H and O–H groups in total. The zero-order chi connectivity index (χ0) is 9.97. The first-order valence-corrected chi connectivity index (χ1v) is 4.60. The Kier molecular flexibility index (Phi) is 2.33. The molecule has 0 amide bonds. The molecule has 2 aromatic rings. The van der Waals surface area contributed by atoms with Gasteiger partial charge in [-0.15, -0.1) is 0 Å². The molecule has 0 aliphatic rings. The highest BCUT2D eigenvalue weighted by Crippen LogP contribution is 2.23. The molecular formula is C13H12O. The van der Waals surface area contributed by atoms with Crippen LogP contribution < -0.4 is 0 Å². The molecule has 0 fully saturated rings. The van der Waals surface area contributed by atoms with E-state index in [4.69, 9.17) is 0 Å². The van der Waals surface area contributed by atoms with Crippen molar-refractivity contribution in [2.45, 2.75) is 6.61 Å². The largest absolute Gasteiger partial charge is 0.392 e. The average Bonchev–Trinajstić information content (AvgIpc) is 2.27. The molecule has 2 aromatic carbocycles. The summed E-state index contributed by atoms with van der Waals surface area (Å²) in [6.45, 7) is 3.86. The second-order valence-corrected chi connectivity index (χ2v) is 3.22. The normalized spacial score (nSPS) is 10.4. The number of hydrogen-bond acceptors (Lipinski definition) is 1. The van der Waals surface area contributed by atoms with Crippen LogP contribution in [0.5, 0.6) is 0 Å². The van der Waals surface area contributed by atoms with E-state index in [1.165, 1.54) is 0 Å². The number of fused-ring (bicyclic) bond motifs is 1. The lowest BCUT2D eigenvalue weighted by Crippen LogP contribution is -1.86. The molecular weight excluding hydrogens is 172 g/mol. The lowest BCUT2D eigenvalue weighted by molar-refractivity contribution is 0.283. The van der Waals surface area contributed by atoms with Crippen LogP contribution in [0.1, 0.15) is 11.1 Å². The first kappa shape index (κ1) is 8.97. The number of aliphatic hydroxyl groups is 1. The molecule has 0 aliphatic heterocycles. The van der Waals surface area contributed by atoms with Crippen molar-refractivity contribution in [2.75, 3.05) is 0 Å². The van der Waals surface area contributed by atoms with Crippen molar-refractivity contribution in [3.63, 3.8) is 0 Å². The van der Waals surface area contributed by atoms with Gasteiger partial charge >= 0.3 is 0 Å². The van der Waals surface area contributed by atoms with E-state index in [1.807, 2.05) is 42.5 Å². The van der Waals surface area contributed by atoms with E-state index in [9.17, 15) is 5.11 Å². The molecule has 2 rings (SSSR count). The topological polar surface area (TPSA) is 20.2 Å². The number of rotatable bonds is 2. The van der Waals surface area contributed by atoms with Gasteiger partial charge in [-0.3, -0.25) is 0 Å². The third-order valence-corrected chi connectivity index (χ3v) is 2.44. The quantitative estimate of drug-likeness (QED) is 0.760. The van der Waals surface area contributed by atoms with Crippen LogP contribution in [0.15, 0.2) is 43.0 Å². The maximum absolute atomic E-state index is 9.17. The highest BCUT2D eigenvalue weighted by Gasteiger charge is 2.01. The van der Waals surface area contributed by atoms with Crippen LogP contribution in [0.25, 0.3) is 16.8 Å². The molecule has 0 aromatic heterocycles. The Balaban J connectivity index is 2.84. The molecule has 70 valence electrons. The summed E-state index contributed by atoms with van der Waals surface area (Å²) in [5, 5.41) is 11.4. The fourth-order valence-corrected chi connectivity index (χ4v) is 1.72. The number of benzene rings is 2. The van der Waals surface area contributed by atoms with E-state index in [-0.39, 0.29) is 6.61 Å². The van der Waals surface area contributed by atoms with Crippen LogP contribution >= 0.6 is 0 Å². The first-order valence-electron chi connectivity index (χ1n) is 4.60. The zero-order valence-corrected chi connectivity index (χ0v) is 7.90. The van der Waals surface area contributed by atoms with Gasteiger partial charge < -0.3 is 5.11 Å². The predicted octanol–water partition coefficient (Wildman–Crippen LogP) is 2.98. The monoisotopic (exact) mass is 184 g/mol. The van der Waals surface area contributed by atoms with Gasteiger partial charge in [0.05, 0.1) is 6.61 Å². The molecule has 14 heavy (non-hydrogen) atoms. The molecule has 0 saturated carbocycles. The molecule has 0 saturated heterocycles. The lowest BCUT2D eigenvalue weighted by Gasteiger charge is -2.05. The van der Waals surface area contributed by atoms with Crippen molar-refractivity contribution in [3.05, 3.63) is 54.1 Å². The number of aliphatic hydroxyl groups excluding tert-OH is 1. The highest BCUT2D eigenvalue weighted by molar-refractivity contribution is 5.92. The van der Waals surface area contributed by atoms with Crippen molar-refractivity contribution < 1.29 is 5.11 Å². The summed E-state index contributed by atoms with van der Waals surface area (Å²) < 4.78 is 0. The maximum Gasteiger partial charge on any atom is 0.0687 e. The Morgan fingerprint density at radius 1 is 1.07 bits per heavy atom. The van der Waals surface area contributed by atoms with Gasteiger partial charge in [-0.1, -0.05) is 49.1 Å². The smallest absolute Gasteiger partial charge is 0.0687 e. The second kappa shape index (κ2) is 3.64. The first-order chi connectivity index (χ1) is 6.86. The van der Waals surface area contributed by atoms with Gasteiger partial charge in [0.15, 0.2) is 0 Å². The molecule has 0 atom stereocenters. The van der Waals surface area contributed by atoms with Gasteiger partial charge in [0.1, 0.15) is 0 Å². The molecule has 0 unspecified atom stereocenters. The van der Waals surface area contributed by atoms with Crippen molar-refractivity contribution in [3.8, 4) is 0 Å². The van der Waals surface area contributed by atoms with Gasteiger partial charge in [-0.05, 0) is 21.9 Å². The van der Waals surface area contributed by atoms with E-state index < -0.39 is 0 Å². The number of hydrogen-bond donors (Lipinski definition) is 1. The Morgan fingerprint density at radius 2 is 1.79 bits per heavy atom. The Labute approximate surface area is 83.3 Å². The predicted molar refractivity (Wildman–Crippen MR) is 60.0 cm³/mol. The molecule has 0 radical (unpaired) electrons. The third-order valence-electron chi connectivity index (χ3n) is 2.44. The van der Waals surface area contributed by atoms with E-state index >= 15 is 0 Å². The van der Waals surface area contributed by atoms with Gasteiger partial charge in [0.2, 0.25) is 0 Å². The summed E-state index contributed by atoms with van der Waals surface area (Å²) in [6, 6.07) is 12.0. The average molecular weight is 184 g/mol. The fourth-order valence-electron chi connectivity index (χ4n) is 1.72. The molecule has 1 heteroatoms. The standard InChI is InChI=1S/C13H12O/c1-2-10-5-3-8-13-11(9-14)6-4-7-12(10)13/h2-8,14H,1,9H2. The van der Waals surface area contributed by atoms with Gasteiger partial charge in [0.25, 0.3) is 0 Å². The van der Waals surface area contributed by atoms with Crippen LogP contribution in [0.4, 0.5) is 0 Å². The van der Waals surface area contributed by atoms with E-state index in [0.717, 1.165) is 21.9 Å². The van der Waals surface area contributed by atoms with Crippen LogP contribution in [-0.2, 0) is 6.61 Å². The maximum atomic E-state index is 9.17. The molecule has 0 bridgehead atoms. The summed E-state index contributed by atoms with van der Waals surface area (Å²) in [5.41, 5.74) is 2.07. The molecule has 0 heterocycles. The van der Waals surface area contributed by atoms with Gasteiger partial charge in [-0.25, -0.2) is 0 Å². The minimum Gasteiger partial charge on any atom is -0.392 e. The van der Waals surface area contributed by atoms with Crippen molar-refractivity contribution in [2.24, 2.45) is 0 Å². The summed E-state index contributed by atoms with van der Waals surface area (Å²) in [6.07, 6.45) is 1.84. The van der Waals surface area contributed by atoms with Crippen molar-refractivity contribution in [1.29, 1.82) is 0 Å². The van der Waals surface area contributed by atoms with Crippen LogP contribution in [0.2, 0.25) is 0 Å². The fraction of sp³-hybridized carbons (Fsp3) is 0.0769. The molecule has 1 nitrogen and oxygen atoms in total. The van der Waals surface area contributed by atoms with Gasteiger partial charge in [0, 0.05) is 0 Å². The minimum atomic E-state index is 0.0813. The molecule has 0 aliphatic carbocycles. The Morgan fingerprint density at radius 3 is 2.50 bits per heavy atom. The van der Waals surface area contributed by atoms with Gasteiger partial charge in [-0.2, -0.15) is 0 Å². The summed E-state index contributed by atoms with van der Waals surface area (Å²) in [7, 11) is 0. The summed E-state index contributed by atoms with van der Waals surface area (Å²) in [4.78, 5) is 0. The lowest BCUT2D eigenvalue weighted by atomic mass is 10.0. The van der Waals surface area contributed by atoms with Crippen LogP contribution in [-0.4, -0.2) is 5.11 Å². The SMILES string of the molecule is C=Cc1cccc2c(CO)cccc12. The molecule has 0 spiro atoms. The highest BCUT2D eigenvalue weighted by atomic mass is 16.3. The minimum absolute atomic E-state index is 0.0813. The van der Waals surface area contributed by atoms with E-state index in [1.54, 1.807) is 0 Å². The van der Waals surface area contributed by atoms with E-state index in [0.29, 0.717) is 0 Å². The zero-order valence-electron chi connectivity index (χ0n) is 7.90. The summed E-state index contributed by atoms with van der Waals surface area (Å²) in [5.74, 6) is 0. The van der Waals surface area contributed by atoms with E-state index in [2.05, 4.69) is 6.58 Å².